The van der Waals surface area contributed by atoms with E-state index < -0.39 is 11.7 Å². The number of halogens is 5. The molecule has 0 aliphatic rings. The van der Waals surface area contributed by atoms with E-state index in [1.54, 1.807) is 19.2 Å². The molecule has 2 heterocycles. The zero-order valence-corrected chi connectivity index (χ0v) is 32.5. The minimum atomic E-state index is -4.36. The van der Waals surface area contributed by atoms with Gasteiger partial charge in [0, 0.05) is 35.0 Å². The van der Waals surface area contributed by atoms with Gasteiger partial charge in [-0.2, -0.15) is 23.4 Å². The highest BCUT2D eigenvalue weighted by molar-refractivity contribution is 6.34. The summed E-state index contributed by atoms with van der Waals surface area (Å²) < 4.78 is 44.0. The van der Waals surface area contributed by atoms with Crippen molar-refractivity contribution in [1.29, 1.82) is 0 Å². The van der Waals surface area contributed by atoms with Crippen LogP contribution in [0.2, 0.25) is 10.0 Å². The normalized spacial score (nSPS) is 11.4. The number of benzene rings is 7. The third-order valence-electron chi connectivity index (χ3n) is 9.76. The molecular formula is C46H35Cl2F3N6O. The summed E-state index contributed by atoms with van der Waals surface area (Å²) >= 11 is 12.9. The lowest BCUT2D eigenvalue weighted by Crippen LogP contribution is -2.07. The van der Waals surface area contributed by atoms with Gasteiger partial charge in [0.15, 0.2) is 11.6 Å². The number of hydrogen-bond donors (Lipinski definition) is 4. The zero-order valence-electron chi connectivity index (χ0n) is 31.0. The fraction of sp³-hybridized carbons (Fsp3) is 0.0870. The van der Waals surface area contributed by atoms with Gasteiger partial charge in [-0.25, -0.2) is 0 Å². The molecule has 7 nitrogen and oxygen atoms in total. The highest BCUT2D eigenvalue weighted by Gasteiger charge is 2.30. The van der Waals surface area contributed by atoms with Gasteiger partial charge in [-0.1, -0.05) is 114 Å². The average Bonchev–Trinajstić information content (AvgIpc) is 3.84. The van der Waals surface area contributed by atoms with Crippen LogP contribution in [0.15, 0.2) is 146 Å². The van der Waals surface area contributed by atoms with Crippen LogP contribution in [0, 0.1) is 0 Å². The summed E-state index contributed by atoms with van der Waals surface area (Å²) in [5, 5.41) is 26.7. The Balaban J connectivity index is 0.000000162. The van der Waals surface area contributed by atoms with Gasteiger partial charge in [-0.3, -0.25) is 10.2 Å². The Kier molecular flexibility index (Phi) is 10.9. The first kappa shape index (κ1) is 38.4. The maximum atomic E-state index is 12.9. The molecule has 4 N–H and O–H groups in total. The van der Waals surface area contributed by atoms with E-state index in [4.69, 9.17) is 27.9 Å². The maximum absolute atomic E-state index is 12.9. The summed E-state index contributed by atoms with van der Waals surface area (Å²) in [6, 6.07) is 45.3. The molecule has 0 radical (unpaired) electrons. The lowest BCUT2D eigenvalue weighted by atomic mass is 10.0. The van der Waals surface area contributed by atoms with Gasteiger partial charge in [0.25, 0.3) is 0 Å². The van der Waals surface area contributed by atoms with Crippen LogP contribution in [0.5, 0.6) is 5.75 Å². The smallest absolute Gasteiger partial charge is 0.416 e. The fourth-order valence-corrected chi connectivity index (χ4v) is 7.31. The average molecular weight is 816 g/mol. The van der Waals surface area contributed by atoms with E-state index in [1.807, 2.05) is 72.8 Å². The zero-order chi connectivity index (χ0) is 40.2. The number of aromatic amines is 2. The van der Waals surface area contributed by atoms with Crippen LogP contribution < -0.4 is 15.4 Å². The molecule has 0 saturated heterocycles. The molecule has 12 heteroatoms. The van der Waals surface area contributed by atoms with E-state index in [0.717, 1.165) is 73.1 Å². The Hall–Kier alpha value is -6.49. The molecule has 9 rings (SSSR count). The topological polar surface area (TPSA) is 90.7 Å². The number of rotatable bonds is 9. The van der Waals surface area contributed by atoms with Crippen LogP contribution in [0.1, 0.15) is 16.7 Å². The predicted octanol–water partition coefficient (Wildman–Crippen LogP) is 13.2. The van der Waals surface area contributed by atoms with Crippen molar-refractivity contribution in [2.24, 2.45) is 0 Å². The molecule has 290 valence electrons. The lowest BCUT2D eigenvalue weighted by molar-refractivity contribution is -0.137. The van der Waals surface area contributed by atoms with Gasteiger partial charge >= 0.3 is 6.18 Å². The summed E-state index contributed by atoms with van der Waals surface area (Å²) in [7, 11) is 1.68. The Labute approximate surface area is 341 Å². The van der Waals surface area contributed by atoms with Crippen molar-refractivity contribution in [2.45, 2.75) is 19.3 Å². The van der Waals surface area contributed by atoms with Crippen molar-refractivity contribution < 1.29 is 17.9 Å². The van der Waals surface area contributed by atoms with E-state index in [-0.39, 0.29) is 6.54 Å². The molecule has 0 fully saturated rings. The Morgan fingerprint density at radius 2 is 1.09 bits per heavy atom. The predicted molar refractivity (Wildman–Crippen MR) is 230 cm³/mol. The van der Waals surface area contributed by atoms with E-state index >= 15 is 0 Å². The van der Waals surface area contributed by atoms with Gasteiger partial charge in [-0.05, 0) is 87.6 Å². The maximum Gasteiger partial charge on any atom is 0.416 e. The Morgan fingerprint density at radius 1 is 0.569 bits per heavy atom. The molecule has 58 heavy (non-hydrogen) atoms. The van der Waals surface area contributed by atoms with Crippen molar-refractivity contribution in [3.05, 3.63) is 172 Å². The second-order valence-corrected chi connectivity index (χ2v) is 14.4. The monoisotopic (exact) mass is 814 g/mol. The first-order chi connectivity index (χ1) is 28.1. The third kappa shape index (κ3) is 8.44. The van der Waals surface area contributed by atoms with E-state index in [1.165, 1.54) is 17.0 Å². The Bertz CT molecular complexity index is 2860. The molecule has 0 atom stereocenters. The number of nitrogens with one attached hydrogen (secondary N) is 4. The molecule has 2 aromatic heterocycles. The van der Waals surface area contributed by atoms with Gasteiger partial charge in [0.1, 0.15) is 5.75 Å². The highest BCUT2D eigenvalue weighted by Crippen LogP contribution is 2.36. The minimum Gasteiger partial charge on any atom is -0.497 e. The molecule has 0 amide bonds. The molecule has 0 aliphatic heterocycles. The van der Waals surface area contributed by atoms with Crippen molar-refractivity contribution in [3.8, 4) is 28.0 Å². The summed E-state index contributed by atoms with van der Waals surface area (Å²) in [5.74, 6) is 2.24. The Morgan fingerprint density at radius 3 is 1.62 bits per heavy atom. The molecule has 0 saturated carbocycles. The summed E-state index contributed by atoms with van der Waals surface area (Å²) in [6.45, 7) is 0.887. The molecule has 0 aliphatic carbocycles. The number of aromatic nitrogens is 4. The third-order valence-corrected chi connectivity index (χ3v) is 10.4. The number of methoxy groups -OCH3 is 1. The number of hydrogen-bond acceptors (Lipinski definition) is 5. The summed E-state index contributed by atoms with van der Waals surface area (Å²) in [6.07, 6.45) is -4.36. The van der Waals surface area contributed by atoms with E-state index in [0.29, 0.717) is 28.0 Å². The second kappa shape index (κ2) is 16.5. The van der Waals surface area contributed by atoms with Crippen LogP contribution in [-0.2, 0) is 19.3 Å². The summed E-state index contributed by atoms with van der Waals surface area (Å²) in [5.41, 5.74) is 6.60. The minimum absolute atomic E-state index is 0.215. The van der Waals surface area contributed by atoms with Gasteiger partial charge in [0.2, 0.25) is 0 Å². The number of nitrogens with zero attached hydrogens (tertiary/aromatic N) is 2. The molecule has 0 unspecified atom stereocenters. The van der Waals surface area contributed by atoms with Gasteiger partial charge < -0.3 is 15.4 Å². The van der Waals surface area contributed by atoms with E-state index in [2.05, 4.69) is 73.5 Å². The van der Waals surface area contributed by atoms with Gasteiger partial charge in [-0.15, -0.1) is 0 Å². The number of alkyl halides is 3. The lowest BCUT2D eigenvalue weighted by Gasteiger charge is -2.10. The van der Waals surface area contributed by atoms with Crippen molar-refractivity contribution in [1.82, 2.24) is 20.4 Å². The highest BCUT2D eigenvalue weighted by atomic mass is 35.5. The molecular weight excluding hydrogens is 780 g/mol. The first-order valence-corrected chi connectivity index (χ1v) is 19.1. The standard InChI is InChI=1S/C25H20ClN3O.C21H15ClF3N3/c1-30-20-10-9-18-11-16(7-8-19(18)12-20)15-27-25-22-13-21(17-5-3-2-4-6-17)23(26)14-24(22)28-29-25;22-18-11-19-17(10-16(18)14-6-2-1-3-7-14)20(28-27-19)26-12-13-5-4-8-15(9-13)21(23,24)25/h2-14H,15H2,1H3,(H2,27,28,29);1-11H,12H2,(H2,26,27,28). The number of ether oxygens (including phenoxy) is 1. The number of fused-ring (bicyclic) bond motifs is 3. The molecule has 0 spiro atoms. The van der Waals surface area contributed by atoms with Crippen LogP contribution in [0.25, 0.3) is 54.8 Å². The fourth-order valence-electron chi connectivity index (χ4n) is 6.76. The van der Waals surface area contributed by atoms with Crippen LogP contribution >= 0.6 is 23.2 Å². The SMILES string of the molecule is COc1ccc2cc(CNc3n[nH]c4cc(Cl)c(-c5ccccc5)cc34)ccc2c1.FC(F)(F)c1cccc(CNc2n[nH]c3cc(Cl)c(-c4ccccc4)cc23)c1. The largest absolute Gasteiger partial charge is 0.497 e. The van der Waals surface area contributed by atoms with Crippen molar-refractivity contribution in [2.75, 3.05) is 17.7 Å². The van der Waals surface area contributed by atoms with Crippen molar-refractivity contribution >= 4 is 67.4 Å². The van der Waals surface area contributed by atoms with Crippen LogP contribution in [0.3, 0.4) is 0 Å². The molecule has 0 bridgehead atoms. The van der Waals surface area contributed by atoms with E-state index in [9.17, 15) is 13.2 Å². The van der Waals surface area contributed by atoms with Crippen LogP contribution in [0.4, 0.5) is 24.8 Å². The quantitative estimate of drug-likeness (QED) is 0.116. The molecule has 7 aromatic carbocycles. The van der Waals surface area contributed by atoms with Crippen molar-refractivity contribution in [3.63, 3.8) is 0 Å². The number of H-pyrrole nitrogens is 2. The molecule has 9 aromatic rings. The van der Waals surface area contributed by atoms with Crippen LogP contribution in [-0.4, -0.2) is 27.5 Å². The number of anilines is 2. The second-order valence-electron chi connectivity index (χ2n) is 13.6. The van der Waals surface area contributed by atoms with Gasteiger partial charge in [0.05, 0.1) is 33.8 Å². The first-order valence-electron chi connectivity index (χ1n) is 18.3. The summed E-state index contributed by atoms with van der Waals surface area (Å²) in [4.78, 5) is 0.